The van der Waals surface area contributed by atoms with Gasteiger partial charge in [0.1, 0.15) is 5.75 Å². The van der Waals surface area contributed by atoms with Crippen molar-refractivity contribution < 1.29 is 23.1 Å². The minimum Gasteiger partial charge on any atom is -0.497 e. The number of carbonyl (C=O) groups is 2. The van der Waals surface area contributed by atoms with Gasteiger partial charge in [-0.25, -0.2) is 8.78 Å². The third-order valence-corrected chi connectivity index (χ3v) is 3.19. The third-order valence-electron chi connectivity index (χ3n) is 3.19. The highest BCUT2D eigenvalue weighted by atomic mass is 19.3. The molecule has 0 aliphatic heterocycles. The molecule has 0 bridgehead atoms. The largest absolute Gasteiger partial charge is 0.497 e. The van der Waals surface area contributed by atoms with E-state index in [-0.39, 0.29) is 16.9 Å². The lowest BCUT2D eigenvalue weighted by molar-refractivity contribution is 0.0885. The zero-order valence-electron chi connectivity index (χ0n) is 12.4. The van der Waals surface area contributed by atoms with E-state index in [1.54, 1.807) is 36.4 Å². The van der Waals surface area contributed by atoms with Crippen LogP contribution in [0, 0.1) is 0 Å². The van der Waals surface area contributed by atoms with Gasteiger partial charge in [-0.2, -0.15) is 0 Å². The van der Waals surface area contributed by atoms with Crippen molar-refractivity contribution in [1.82, 2.24) is 5.32 Å². The van der Waals surface area contributed by atoms with E-state index in [4.69, 9.17) is 4.74 Å². The normalized spacial score (nSPS) is 10.4. The number of hydrogen-bond acceptors (Lipinski definition) is 3. The summed E-state index contributed by atoms with van der Waals surface area (Å²) < 4.78 is 29.5. The summed E-state index contributed by atoms with van der Waals surface area (Å²) in [5.74, 6) is -0.470. The fourth-order valence-corrected chi connectivity index (χ4v) is 2.04. The second-order valence-corrected chi connectivity index (χ2v) is 4.70. The molecule has 4 nitrogen and oxygen atoms in total. The van der Waals surface area contributed by atoms with Crippen LogP contribution in [-0.4, -0.2) is 31.8 Å². The van der Waals surface area contributed by atoms with E-state index in [1.807, 2.05) is 0 Å². The van der Waals surface area contributed by atoms with Crippen molar-refractivity contribution in [2.45, 2.75) is 6.43 Å². The lowest BCUT2D eigenvalue weighted by Gasteiger charge is -2.09. The Kier molecular flexibility index (Phi) is 5.41. The Bertz CT molecular complexity index is 699. The number of benzene rings is 2. The highest BCUT2D eigenvalue weighted by molar-refractivity contribution is 6.15. The summed E-state index contributed by atoms with van der Waals surface area (Å²) in [5, 5.41) is 2.10. The summed E-state index contributed by atoms with van der Waals surface area (Å²) >= 11 is 0. The van der Waals surface area contributed by atoms with E-state index >= 15 is 0 Å². The Labute approximate surface area is 132 Å². The number of amides is 1. The molecule has 2 rings (SSSR count). The van der Waals surface area contributed by atoms with Gasteiger partial charge in [0.2, 0.25) is 0 Å². The predicted molar refractivity (Wildman–Crippen MR) is 81.2 cm³/mol. The van der Waals surface area contributed by atoms with Gasteiger partial charge in [0.15, 0.2) is 5.78 Å². The van der Waals surface area contributed by atoms with Crippen molar-refractivity contribution in [3.8, 4) is 5.75 Å². The number of nitrogens with one attached hydrogen (secondary N) is 1. The van der Waals surface area contributed by atoms with Crippen molar-refractivity contribution >= 4 is 11.7 Å². The van der Waals surface area contributed by atoms with Gasteiger partial charge in [0.25, 0.3) is 12.3 Å². The molecular weight excluding hydrogens is 304 g/mol. The predicted octanol–water partition coefficient (Wildman–Crippen LogP) is 2.92. The molecule has 0 atom stereocenters. The number of methoxy groups -OCH3 is 1. The summed E-state index contributed by atoms with van der Waals surface area (Å²) in [6.07, 6.45) is -2.65. The number of halogens is 2. The molecule has 0 unspecified atom stereocenters. The topological polar surface area (TPSA) is 55.4 Å². The Balaban J connectivity index is 2.28. The fourth-order valence-electron chi connectivity index (χ4n) is 2.04. The maximum absolute atomic E-state index is 12.5. The molecule has 120 valence electrons. The molecule has 0 aromatic heterocycles. The maximum atomic E-state index is 12.5. The van der Waals surface area contributed by atoms with Crippen LogP contribution in [0.3, 0.4) is 0 Å². The Morgan fingerprint density at radius 2 is 1.65 bits per heavy atom. The summed E-state index contributed by atoms with van der Waals surface area (Å²) in [6, 6.07) is 12.5. The summed E-state index contributed by atoms with van der Waals surface area (Å²) in [5.41, 5.74) is 0.596. The van der Waals surface area contributed by atoms with Crippen LogP contribution in [0.4, 0.5) is 8.78 Å². The van der Waals surface area contributed by atoms with Crippen LogP contribution in [0.2, 0.25) is 0 Å². The molecule has 0 aliphatic carbocycles. The molecule has 1 amide bonds. The van der Waals surface area contributed by atoms with E-state index in [9.17, 15) is 18.4 Å². The molecule has 0 aliphatic rings. The number of ketones is 1. The first-order valence-corrected chi connectivity index (χ1v) is 6.87. The lowest BCUT2D eigenvalue weighted by atomic mass is 9.98. The molecule has 6 heteroatoms. The van der Waals surface area contributed by atoms with Crippen molar-refractivity contribution in [3.63, 3.8) is 0 Å². The fraction of sp³-hybridized carbons (Fsp3) is 0.176. The molecule has 2 aromatic rings. The van der Waals surface area contributed by atoms with Gasteiger partial charge in [-0.05, 0) is 30.3 Å². The maximum Gasteiger partial charge on any atom is 0.255 e. The summed E-state index contributed by atoms with van der Waals surface area (Å²) in [6.45, 7) is -0.760. The molecule has 0 heterocycles. The Morgan fingerprint density at radius 1 is 1.04 bits per heavy atom. The first-order valence-electron chi connectivity index (χ1n) is 6.87. The van der Waals surface area contributed by atoms with Crippen LogP contribution in [0.5, 0.6) is 5.75 Å². The van der Waals surface area contributed by atoms with Crippen LogP contribution in [0.25, 0.3) is 0 Å². The monoisotopic (exact) mass is 319 g/mol. The highest BCUT2D eigenvalue weighted by Crippen LogP contribution is 2.18. The van der Waals surface area contributed by atoms with Crippen molar-refractivity contribution in [1.29, 1.82) is 0 Å². The second-order valence-electron chi connectivity index (χ2n) is 4.70. The van der Waals surface area contributed by atoms with Crippen LogP contribution in [0.15, 0.2) is 48.5 Å². The minimum atomic E-state index is -2.65. The number of hydrogen-bond donors (Lipinski definition) is 1. The first kappa shape index (κ1) is 16.6. The molecule has 0 spiro atoms. The van der Waals surface area contributed by atoms with E-state index in [0.29, 0.717) is 11.3 Å². The zero-order valence-corrected chi connectivity index (χ0v) is 12.4. The quantitative estimate of drug-likeness (QED) is 0.833. The smallest absolute Gasteiger partial charge is 0.255 e. The molecule has 0 fully saturated rings. The molecular formula is C17H15F2NO3. The van der Waals surface area contributed by atoms with Crippen LogP contribution in [0.1, 0.15) is 26.3 Å². The van der Waals surface area contributed by atoms with Gasteiger partial charge in [-0.1, -0.05) is 18.2 Å². The summed E-state index contributed by atoms with van der Waals surface area (Å²) in [7, 11) is 1.51. The number of carbonyl (C=O) groups excluding carboxylic acids is 2. The van der Waals surface area contributed by atoms with Gasteiger partial charge in [0, 0.05) is 11.1 Å². The molecule has 0 saturated heterocycles. The summed E-state index contributed by atoms with van der Waals surface area (Å²) in [4.78, 5) is 24.5. The SMILES string of the molecule is COc1ccc(C(=O)c2ccccc2C(=O)NCC(F)F)cc1. The Hall–Kier alpha value is -2.76. The van der Waals surface area contributed by atoms with Crippen molar-refractivity contribution in [2.75, 3.05) is 13.7 Å². The zero-order chi connectivity index (χ0) is 16.8. The molecule has 0 saturated carbocycles. The number of ether oxygens (including phenoxy) is 1. The third kappa shape index (κ3) is 4.12. The van der Waals surface area contributed by atoms with Gasteiger partial charge in [0.05, 0.1) is 19.2 Å². The second kappa shape index (κ2) is 7.49. The van der Waals surface area contributed by atoms with E-state index in [1.165, 1.54) is 19.2 Å². The average Bonchev–Trinajstić information content (AvgIpc) is 2.59. The van der Waals surface area contributed by atoms with Crippen LogP contribution in [-0.2, 0) is 0 Å². The molecule has 23 heavy (non-hydrogen) atoms. The van der Waals surface area contributed by atoms with Gasteiger partial charge < -0.3 is 10.1 Å². The van der Waals surface area contributed by atoms with Crippen LogP contribution < -0.4 is 10.1 Å². The highest BCUT2D eigenvalue weighted by Gasteiger charge is 2.18. The molecule has 1 N–H and O–H groups in total. The molecule has 0 radical (unpaired) electrons. The van der Waals surface area contributed by atoms with E-state index < -0.39 is 18.9 Å². The lowest BCUT2D eigenvalue weighted by Crippen LogP contribution is -2.29. The average molecular weight is 319 g/mol. The van der Waals surface area contributed by atoms with Crippen molar-refractivity contribution in [3.05, 3.63) is 65.2 Å². The number of rotatable bonds is 6. The minimum absolute atomic E-state index is 0.0639. The first-order chi connectivity index (χ1) is 11.0. The van der Waals surface area contributed by atoms with Gasteiger partial charge >= 0.3 is 0 Å². The van der Waals surface area contributed by atoms with Gasteiger partial charge in [-0.15, -0.1) is 0 Å². The van der Waals surface area contributed by atoms with E-state index in [0.717, 1.165) is 0 Å². The van der Waals surface area contributed by atoms with Gasteiger partial charge in [-0.3, -0.25) is 9.59 Å². The van der Waals surface area contributed by atoms with Crippen molar-refractivity contribution in [2.24, 2.45) is 0 Å². The molecule has 2 aromatic carbocycles. The Morgan fingerprint density at radius 3 is 2.22 bits per heavy atom. The van der Waals surface area contributed by atoms with Crippen LogP contribution >= 0.6 is 0 Å². The number of alkyl halides is 2. The van der Waals surface area contributed by atoms with E-state index in [2.05, 4.69) is 5.32 Å². The standard InChI is InChI=1S/C17H15F2NO3/c1-23-12-8-6-11(7-9-12)16(21)13-4-2-3-5-14(13)17(22)20-10-15(18)19/h2-9,15H,10H2,1H3,(H,20,22).